The van der Waals surface area contributed by atoms with Crippen LogP contribution in [0.3, 0.4) is 0 Å². The molecule has 2 amide bonds. The molecule has 6 heteroatoms. The summed E-state index contributed by atoms with van der Waals surface area (Å²) < 4.78 is 13.1. The summed E-state index contributed by atoms with van der Waals surface area (Å²) in [6.07, 6.45) is 0.398. The first-order valence-electron chi connectivity index (χ1n) is 8.90. The first-order valence-corrected chi connectivity index (χ1v) is 8.90. The molecule has 1 N–H and O–H groups in total. The van der Waals surface area contributed by atoms with Crippen LogP contribution < -0.4 is 10.2 Å². The van der Waals surface area contributed by atoms with E-state index in [1.807, 2.05) is 37.2 Å². The Bertz CT molecular complexity index is 804. The Labute approximate surface area is 159 Å². The standard InChI is InChI=1S/C21H26FN3O2/c1-5-21(27)23-19-10-11-20(24(3)4)17(12-19)14-25(15(2)26)13-16-6-8-18(22)9-7-16/h6-12H,5,13-14H2,1-4H3,(H,23,27). The number of halogens is 1. The van der Waals surface area contributed by atoms with Crippen LogP contribution in [0.4, 0.5) is 15.8 Å². The highest BCUT2D eigenvalue weighted by atomic mass is 19.1. The van der Waals surface area contributed by atoms with Gasteiger partial charge in [-0.05, 0) is 41.5 Å². The van der Waals surface area contributed by atoms with Crippen LogP contribution in [0.25, 0.3) is 0 Å². The van der Waals surface area contributed by atoms with E-state index in [0.717, 1.165) is 16.8 Å². The molecule has 27 heavy (non-hydrogen) atoms. The maximum Gasteiger partial charge on any atom is 0.224 e. The Kier molecular flexibility index (Phi) is 6.93. The molecule has 0 unspecified atom stereocenters. The van der Waals surface area contributed by atoms with E-state index < -0.39 is 0 Å². The van der Waals surface area contributed by atoms with Crippen molar-refractivity contribution in [3.63, 3.8) is 0 Å². The van der Waals surface area contributed by atoms with Gasteiger partial charge in [0.2, 0.25) is 11.8 Å². The predicted molar refractivity (Wildman–Crippen MR) is 106 cm³/mol. The Hall–Kier alpha value is -2.89. The number of nitrogens with zero attached hydrogens (tertiary/aromatic N) is 2. The first kappa shape index (κ1) is 20.4. The van der Waals surface area contributed by atoms with Crippen molar-refractivity contribution in [2.45, 2.75) is 33.4 Å². The van der Waals surface area contributed by atoms with E-state index in [-0.39, 0.29) is 17.6 Å². The van der Waals surface area contributed by atoms with Crippen molar-refractivity contribution in [1.29, 1.82) is 0 Å². The lowest BCUT2D eigenvalue weighted by molar-refractivity contribution is -0.130. The molecule has 0 spiro atoms. The minimum atomic E-state index is -0.303. The number of rotatable bonds is 7. The normalized spacial score (nSPS) is 10.4. The summed E-state index contributed by atoms with van der Waals surface area (Å²) in [6, 6.07) is 11.8. The van der Waals surface area contributed by atoms with E-state index in [4.69, 9.17) is 0 Å². The summed E-state index contributed by atoms with van der Waals surface area (Å²) in [5.74, 6) is -0.442. The van der Waals surface area contributed by atoms with Gasteiger partial charge in [-0.25, -0.2) is 4.39 Å². The highest BCUT2D eigenvalue weighted by molar-refractivity contribution is 5.90. The van der Waals surface area contributed by atoms with Gasteiger partial charge in [0.05, 0.1) is 0 Å². The number of hydrogen-bond acceptors (Lipinski definition) is 3. The number of benzene rings is 2. The van der Waals surface area contributed by atoms with Crippen LogP contribution in [0.15, 0.2) is 42.5 Å². The van der Waals surface area contributed by atoms with Crippen molar-refractivity contribution in [2.75, 3.05) is 24.3 Å². The second-order valence-corrected chi connectivity index (χ2v) is 6.64. The Morgan fingerprint density at radius 1 is 1.04 bits per heavy atom. The number of hydrogen-bond donors (Lipinski definition) is 1. The fourth-order valence-corrected chi connectivity index (χ4v) is 2.77. The second kappa shape index (κ2) is 9.16. The first-order chi connectivity index (χ1) is 12.8. The molecule has 0 fully saturated rings. The van der Waals surface area contributed by atoms with E-state index in [1.165, 1.54) is 19.1 Å². The van der Waals surface area contributed by atoms with Gasteiger partial charge in [0.15, 0.2) is 0 Å². The molecule has 0 bridgehead atoms. The van der Waals surface area contributed by atoms with Crippen LogP contribution in [0.1, 0.15) is 31.4 Å². The molecule has 0 aromatic heterocycles. The minimum absolute atomic E-state index is 0.0618. The van der Waals surface area contributed by atoms with E-state index in [2.05, 4.69) is 5.32 Å². The molecular weight excluding hydrogens is 345 g/mol. The number of carbonyl (C=O) groups excluding carboxylic acids is 2. The van der Waals surface area contributed by atoms with Gasteiger partial charge in [-0.1, -0.05) is 19.1 Å². The number of anilines is 2. The van der Waals surface area contributed by atoms with Crippen LogP contribution in [-0.2, 0) is 22.7 Å². The lowest BCUT2D eigenvalue weighted by atomic mass is 10.1. The molecule has 144 valence electrons. The molecular formula is C21H26FN3O2. The molecule has 0 saturated heterocycles. The molecule has 0 aliphatic heterocycles. The van der Waals surface area contributed by atoms with Gasteiger partial charge < -0.3 is 15.1 Å². The lowest BCUT2D eigenvalue weighted by Crippen LogP contribution is -2.28. The maximum absolute atomic E-state index is 13.1. The summed E-state index contributed by atoms with van der Waals surface area (Å²) in [5, 5.41) is 2.85. The molecule has 2 rings (SSSR count). The van der Waals surface area contributed by atoms with Crippen LogP contribution >= 0.6 is 0 Å². The molecule has 2 aromatic carbocycles. The van der Waals surface area contributed by atoms with E-state index in [0.29, 0.717) is 25.2 Å². The highest BCUT2D eigenvalue weighted by Gasteiger charge is 2.15. The van der Waals surface area contributed by atoms with Gasteiger partial charge in [0.25, 0.3) is 0 Å². The van der Waals surface area contributed by atoms with Crippen LogP contribution in [0.5, 0.6) is 0 Å². The Morgan fingerprint density at radius 3 is 2.26 bits per heavy atom. The molecule has 0 aliphatic rings. The quantitative estimate of drug-likeness (QED) is 0.806. The number of nitrogens with one attached hydrogen (secondary N) is 1. The van der Waals surface area contributed by atoms with E-state index in [9.17, 15) is 14.0 Å². The molecule has 2 aromatic rings. The van der Waals surface area contributed by atoms with Gasteiger partial charge in [0.1, 0.15) is 5.82 Å². The third-order valence-corrected chi connectivity index (χ3v) is 4.26. The van der Waals surface area contributed by atoms with Crippen molar-refractivity contribution in [3.05, 3.63) is 59.4 Å². The van der Waals surface area contributed by atoms with Gasteiger partial charge in [-0.3, -0.25) is 9.59 Å². The summed E-state index contributed by atoms with van der Waals surface area (Å²) in [6.45, 7) is 4.08. The van der Waals surface area contributed by atoms with Crippen LogP contribution in [0, 0.1) is 5.82 Å². The van der Waals surface area contributed by atoms with E-state index in [1.54, 1.807) is 24.0 Å². The lowest BCUT2D eigenvalue weighted by Gasteiger charge is -2.25. The monoisotopic (exact) mass is 371 g/mol. The number of amides is 2. The van der Waals surface area contributed by atoms with Crippen LogP contribution in [0.2, 0.25) is 0 Å². The molecule has 0 radical (unpaired) electrons. The molecule has 0 saturated carbocycles. The zero-order chi connectivity index (χ0) is 20.0. The molecule has 0 aliphatic carbocycles. The SMILES string of the molecule is CCC(=O)Nc1ccc(N(C)C)c(CN(Cc2ccc(F)cc2)C(C)=O)c1. The second-order valence-electron chi connectivity index (χ2n) is 6.64. The molecule has 0 atom stereocenters. The summed E-state index contributed by atoms with van der Waals surface area (Å²) >= 11 is 0. The van der Waals surface area contributed by atoms with Crippen LogP contribution in [-0.4, -0.2) is 30.8 Å². The highest BCUT2D eigenvalue weighted by Crippen LogP contribution is 2.25. The largest absolute Gasteiger partial charge is 0.377 e. The van der Waals surface area contributed by atoms with Crippen molar-refractivity contribution in [1.82, 2.24) is 4.90 Å². The zero-order valence-electron chi connectivity index (χ0n) is 16.3. The van der Waals surface area contributed by atoms with Gasteiger partial charge in [-0.2, -0.15) is 0 Å². The molecule has 5 nitrogen and oxygen atoms in total. The zero-order valence-corrected chi connectivity index (χ0v) is 16.3. The summed E-state index contributed by atoms with van der Waals surface area (Å²) in [4.78, 5) is 27.5. The fourth-order valence-electron chi connectivity index (χ4n) is 2.77. The van der Waals surface area contributed by atoms with Crippen molar-refractivity contribution in [3.8, 4) is 0 Å². The fraction of sp³-hybridized carbons (Fsp3) is 0.333. The number of carbonyl (C=O) groups is 2. The predicted octanol–water partition coefficient (Wildman–Crippen LogP) is 3.79. The van der Waals surface area contributed by atoms with Gasteiger partial charge in [-0.15, -0.1) is 0 Å². The van der Waals surface area contributed by atoms with Crippen molar-refractivity contribution >= 4 is 23.2 Å². The summed E-state index contributed by atoms with van der Waals surface area (Å²) in [7, 11) is 3.86. The van der Waals surface area contributed by atoms with Crippen molar-refractivity contribution < 1.29 is 14.0 Å². The van der Waals surface area contributed by atoms with Gasteiger partial charge >= 0.3 is 0 Å². The Morgan fingerprint density at radius 2 is 1.70 bits per heavy atom. The third-order valence-electron chi connectivity index (χ3n) is 4.26. The smallest absolute Gasteiger partial charge is 0.224 e. The molecule has 0 heterocycles. The topological polar surface area (TPSA) is 52.7 Å². The third kappa shape index (κ3) is 5.81. The average Bonchev–Trinajstić information content (AvgIpc) is 2.62. The van der Waals surface area contributed by atoms with Gasteiger partial charge in [0, 0.05) is 51.9 Å². The minimum Gasteiger partial charge on any atom is -0.377 e. The summed E-state index contributed by atoms with van der Waals surface area (Å²) in [5.41, 5.74) is 3.45. The van der Waals surface area contributed by atoms with E-state index >= 15 is 0 Å². The average molecular weight is 371 g/mol. The Balaban J connectivity index is 2.28. The maximum atomic E-state index is 13.1. The van der Waals surface area contributed by atoms with Crippen molar-refractivity contribution in [2.24, 2.45) is 0 Å².